The number of carbonyl (C=O) groups excluding carboxylic acids is 2. The second-order valence-corrected chi connectivity index (χ2v) is 6.64. The molecule has 0 aliphatic carbocycles. The minimum atomic E-state index is -0.710. The standard InChI is InChI=1S/C24H24N2O3/c27-23(25-21-14-8-3-9-15-21)22(17-16-19-10-4-1-5-11-19)26-24(28)29-18-20-12-6-2-7-13-20/h1-15,22H,16-18H2,(H,25,27)(H,26,28)/t22-/m1/s1. The summed E-state index contributed by atoms with van der Waals surface area (Å²) in [6, 6.07) is 27.7. The molecule has 0 spiro atoms. The summed E-state index contributed by atoms with van der Waals surface area (Å²) < 4.78 is 5.28. The first-order valence-corrected chi connectivity index (χ1v) is 9.58. The number of carbonyl (C=O) groups is 2. The van der Waals surface area contributed by atoms with Crippen molar-refractivity contribution in [2.24, 2.45) is 0 Å². The zero-order chi connectivity index (χ0) is 20.3. The molecule has 0 aliphatic rings. The third-order valence-corrected chi connectivity index (χ3v) is 4.43. The number of alkyl carbamates (subject to hydrolysis) is 1. The Morgan fingerprint density at radius 3 is 1.93 bits per heavy atom. The van der Waals surface area contributed by atoms with E-state index < -0.39 is 12.1 Å². The van der Waals surface area contributed by atoms with E-state index in [9.17, 15) is 9.59 Å². The highest BCUT2D eigenvalue weighted by atomic mass is 16.5. The number of amides is 2. The summed E-state index contributed by atoms with van der Waals surface area (Å²) in [6.45, 7) is 0.151. The van der Waals surface area contributed by atoms with Crippen LogP contribution in [0.5, 0.6) is 0 Å². The average molecular weight is 388 g/mol. The number of rotatable bonds is 8. The van der Waals surface area contributed by atoms with Crippen LogP contribution in [0.25, 0.3) is 0 Å². The van der Waals surface area contributed by atoms with Crippen LogP contribution in [-0.2, 0) is 22.6 Å². The van der Waals surface area contributed by atoms with Gasteiger partial charge in [-0.25, -0.2) is 4.79 Å². The predicted molar refractivity (Wildman–Crippen MR) is 113 cm³/mol. The van der Waals surface area contributed by atoms with Gasteiger partial charge in [-0.1, -0.05) is 78.9 Å². The molecule has 2 amide bonds. The fourth-order valence-corrected chi connectivity index (χ4v) is 2.88. The van der Waals surface area contributed by atoms with E-state index in [4.69, 9.17) is 4.74 Å². The number of benzene rings is 3. The summed E-state index contributed by atoms with van der Waals surface area (Å²) in [5.74, 6) is -0.274. The molecule has 0 heterocycles. The molecule has 0 saturated carbocycles. The Labute approximate surface area is 170 Å². The molecule has 0 aromatic heterocycles. The van der Waals surface area contributed by atoms with Crippen molar-refractivity contribution >= 4 is 17.7 Å². The molecular weight excluding hydrogens is 364 g/mol. The largest absolute Gasteiger partial charge is 0.445 e. The van der Waals surface area contributed by atoms with Gasteiger partial charge in [-0.2, -0.15) is 0 Å². The zero-order valence-corrected chi connectivity index (χ0v) is 16.1. The van der Waals surface area contributed by atoms with Crippen LogP contribution >= 0.6 is 0 Å². The second kappa shape index (κ2) is 10.7. The fourth-order valence-electron chi connectivity index (χ4n) is 2.88. The van der Waals surface area contributed by atoms with Gasteiger partial charge in [-0.3, -0.25) is 4.79 Å². The number of para-hydroxylation sites is 1. The lowest BCUT2D eigenvalue weighted by atomic mass is 10.0. The molecule has 5 nitrogen and oxygen atoms in total. The van der Waals surface area contributed by atoms with Crippen LogP contribution in [0.2, 0.25) is 0 Å². The SMILES string of the molecule is O=C(N[C@H](CCc1ccccc1)C(=O)Nc1ccccc1)OCc1ccccc1. The van der Waals surface area contributed by atoms with Crippen molar-refractivity contribution in [1.29, 1.82) is 0 Å². The first-order valence-electron chi connectivity index (χ1n) is 9.58. The summed E-state index contributed by atoms with van der Waals surface area (Å²) in [7, 11) is 0. The zero-order valence-electron chi connectivity index (χ0n) is 16.1. The smallest absolute Gasteiger partial charge is 0.408 e. The van der Waals surface area contributed by atoms with E-state index in [1.807, 2.05) is 78.9 Å². The monoisotopic (exact) mass is 388 g/mol. The second-order valence-electron chi connectivity index (χ2n) is 6.64. The average Bonchev–Trinajstić information content (AvgIpc) is 2.77. The highest BCUT2D eigenvalue weighted by Gasteiger charge is 2.21. The van der Waals surface area contributed by atoms with Crippen molar-refractivity contribution in [1.82, 2.24) is 5.32 Å². The van der Waals surface area contributed by atoms with E-state index in [0.29, 0.717) is 18.5 Å². The highest BCUT2D eigenvalue weighted by Crippen LogP contribution is 2.10. The topological polar surface area (TPSA) is 67.4 Å². The minimum Gasteiger partial charge on any atom is -0.445 e. The normalized spacial score (nSPS) is 11.3. The number of ether oxygens (including phenoxy) is 1. The van der Waals surface area contributed by atoms with Crippen molar-refractivity contribution < 1.29 is 14.3 Å². The van der Waals surface area contributed by atoms with E-state index in [1.165, 1.54) is 0 Å². The Hall–Kier alpha value is -3.60. The van der Waals surface area contributed by atoms with Gasteiger partial charge in [0.25, 0.3) is 0 Å². The molecule has 0 saturated heterocycles. The van der Waals surface area contributed by atoms with Crippen LogP contribution in [0, 0.1) is 0 Å². The quantitative estimate of drug-likeness (QED) is 0.595. The van der Waals surface area contributed by atoms with Crippen molar-refractivity contribution in [3.8, 4) is 0 Å². The van der Waals surface area contributed by atoms with Crippen LogP contribution in [0.1, 0.15) is 17.5 Å². The number of hydrogen-bond acceptors (Lipinski definition) is 3. The van der Waals surface area contributed by atoms with Gasteiger partial charge in [-0.05, 0) is 36.1 Å². The van der Waals surface area contributed by atoms with Gasteiger partial charge >= 0.3 is 6.09 Å². The van der Waals surface area contributed by atoms with E-state index >= 15 is 0 Å². The van der Waals surface area contributed by atoms with Gasteiger partial charge in [0.2, 0.25) is 5.91 Å². The van der Waals surface area contributed by atoms with Gasteiger partial charge in [0.05, 0.1) is 0 Å². The van der Waals surface area contributed by atoms with Gasteiger partial charge < -0.3 is 15.4 Å². The number of anilines is 1. The molecule has 29 heavy (non-hydrogen) atoms. The lowest BCUT2D eigenvalue weighted by Crippen LogP contribution is -2.44. The molecule has 3 rings (SSSR count). The van der Waals surface area contributed by atoms with Crippen molar-refractivity contribution in [3.05, 3.63) is 102 Å². The van der Waals surface area contributed by atoms with Gasteiger partial charge in [-0.15, -0.1) is 0 Å². The van der Waals surface area contributed by atoms with E-state index in [-0.39, 0.29) is 12.5 Å². The van der Waals surface area contributed by atoms with Crippen LogP contribution < -0.4 is 10.6 Å². The molecule has 1 atom stereocenters. The molecule has 0 radical (unpaired) electrons. The Balaban J connectivity index is 1.60. The number of aryl methyl sites for hydroxylation is 1. The van der Waals surface area contributed by atoms with Crippen molar-refractivity contribution in [2.45, 2.75) is 25.5 Å². The summed E-state index contributed by atoms with van der Waals surface area (Å²) in [5.41, 5.74) is 2.67. The Morgan fingerprint density at radius 1 is 0.759 bits per heavy atom. The van der Waals surface area contributed by atoms with E-state index in [2.05, 4.69) is 10.6 Å². The van der Waals surface area contributed by atoms with Crippen LogP contribution in [0.4, 0.5) is 10.5 Å². The van der Waals surface area contributed by atoms with Gasteiger partial charge in [0.15, 0.2) is 0 Å². The summed E-state index contributed by atoms with van der Waals surface area (Å²) >= 11 is 0. The van der Waals surface area contributed by atoms with Crippen molar-refractivity contribution in [2.75, 3.05) is 5.32 Å². The van der Waals surface area contributed by atoms with Crippen molar-refractivity contribution in [3.63, 3.8) is 0 Å². The molecular formula is C24H24N2O3. The summed E-state index contributed by atoms with van der Waals surface area (Å²) in [6.07, 6.45) is 0.505. The molecule has 3 aromatic rings. The number of nitrogens with one attached hydrogen (secondary N) is 2. The summed E-state index contributed by atoms with van der Waals surface area (Å²) in [5, 5.41) is 5.55. The first kappa shape index (κ1) is 20.1. The molecule has 0 unspecified atom stereocenters. The molecule has 5 heteroatoms. The third kappa shape index (κ3) is 6.81. The summed E-state index contributed by atoms with van der Waals surface area (Å²) in [4.78, 5) is 25.0. The third-order valence-electron chi connectivity index (χ3n) is 4.43. The highest BCUT2D eigenvalue weighted by molar-refractivity contribution is 5.96. The van der Waals surface area contributed by atoms with Crippen LogP contribution in [-0.4, -0.2) is 18.0 Å². The van der Waals surface area contributed by atoms with Crippen LogP contribution in [0.15, 0.2) is 91.0 Å². The van der Waals surface area contributed by atoms with Crippen LogP contribution in [0.3, 0.4) is 0 Å². The maximum Gasteiger partial charge on any atom is 0.408 e. The maximum atomic E-state index is 12.8. The Bertz CT molecular complexity index is 899. The van der Waals surface area contributed by atoms with Gasteiger partial charge in [0.1, 0.15) is 12.6 Å². The van der Waals surface area contributed by atoms with E-state index in [1.54, 1.807) is 12.1 Å². The Kier molecular flexibility index (Phi) is 7.41. The molecule has 3 aromatic carbocycles. The number of hydrogen-bond donors (Lipinski definition) is 2. The fraction of sp³-hybridized carbons (Fsp3) is 0.167. The Morgan fingerprint density at radius 2 is 1.31 bits per heavy atom. The van der Waals surface area contributed by atoms with Gasteiger partial charge in [0, 0.05) is 5.69 Å². The minimum absolute atomic E-state index is 0.151. The first-order chi connectivity index (χ1) is 14.2. The molecule has 0 fully saturated rings. The molecule has 2 N–H and O–H groups in total. The lowest BCUT2D eigenvalue weighted by Gasteiger charge is -2.18. The molecule has 0 aliphatic heterocycles. The molecule has 148 valence electrons. The van der Waals surface area contributed by atoms with E-state index in [0.717, 1.165) is 11.1 Å². The lowest BCUT2D eigenvalue weighted by molar-refractivity contribution is -0.118. The maximum absolute atomic E-state index is 12.8. The predicted octanol–water partition coefficient (Wildman–Crippen LogP) is 4.55. The molecule has 0 bridgehead atoms.